The first-order valence-corrected chi connectivity index (χ1v) is 7.52. The van der Waals surface area contributed by atoms with Crippen LogP contribution in [0.4, 0.5) is 5.69 Å². The number of aromatic nitrogens is 1. The second-order valence-corrected chi connectivity index (χ2v) is 5.55. The molecule has 108 valence electrons. The van der Waals surface area contributed by atoms with Crippen LogP contribution >= 0.6 is 0 Å². The van der Waals surface area contributed by atoms with Crippen LogP contribution in [0.15, 0.2) is 18.3 Å². The van der Waals surface area contributed by atoms with E-state index in [1.54, 1.807) is 0 Å². The molecule has 0 aliphatic carbocycles. The van der Waals surface area contributed by atoms with Crippen molar-refractivity contribution in [3.05, 3.63) is 24.0 Å². The summed E-state index contributed by atoms with van der Waals surface area (Å²) in [4.78, 5) is 6.98. The molecule has 3 nitrogen and oxygen atoms in total. The number of nitrogens with zero attached hydrogens (tertiary/aromatic N) is 2. The van der Waals surface area contributed by atoms with Crippen LogP contribution in [0.25, 0.3) is 0 Å². The van der Waals surface area contributed by atoms with Gasteiger partial charge in [0.1, 0.15) is 0 Å². The predicted molar refractivity (Wildman–Crippen MR) is 83.7 cm³/mol. The van der Waals surface area contributed by atoms with E-state index in [1.807, 2.05) is 6.20 Å². The Morgan fingerprint density at radius 2 is 1.95 bits per heavy atom. The average Bonchev–Trinajstić information content (AvgIpc) is 2.42. The lowest BCUT2D eigenvalue weighted by molar-refractivity contribution is 0.558. The lowest BCUT2D eigenvalue weighted by Crippen LogP contribution is -2.27. The fourth-order valence-corrected chi connectivity index (χ4v) is 2.16. The van der Waals surface area contributed by atoms with Crippen molar-refractivity contribution in [3.63, 3.8) is 0 Å². The molecule has 0 saturated carbocycles. The smallest absolute Gasteiger partial charge is 0.0572 e. The summed E-state index contributed by atoms with van der Waals surface area (Å²) in [7, 11) is 0. The minimum Gasteiger partial charge on any atom is -0.370 e. The summed E-state index contributed by atoms with van der Waals surface area (Å²) in [5, 5.41) is 3.47. The molecule has 0 aliphatic heterocycles. The molecule has 1 unspecified atom stereocenters. The van der Waals surface area contributed by atoms with E-state index in [0.29, 0.717) is 12.0 Å². The van der Waals surface area contributed by atoms with Gasteiger partial charge >= 0.3 is 0 Å². The van der Waals surface area contributed by atoms with Crippen LogP contribution < -0.4 is 10.2 Å². The Kier molecular flexibility index (Phi) is 6.85. The fourth-order valence-electron chi connectivity index (χ4n) is 2.16. The van der Waals surface area contributed by atoms with Crippen LogP contribution in [-0.4, -0.2) is 24.6 Å². The normalized spacial score (nSPS) is 12.7. The maximum Gasteiger partial charge on any atom is 0.0572 e. The maximum atomic E-state index is 4.60. The Morgan fingerprint density at radius 3 is 2.42 bits per heavy atom. The average molecular weight is 263 g/mol. The molecule has 0 amide bonds. The zero-order valence-corrected chi connectivity index (χ0v) is 13.1. The Labute approximate surface area is 118 Å². The number of nitrogens with one attached hydrogen (secondary N) is 1. The van der Waals surface area contributed by atoms with Crippen LogP contribution in [0, 0.1) is 5.92 Å². The first kappa shape index (κ1) is 16.0. The molecule has 0 spiro atoms. The highest BCUT2D eigenvalue weighted by Gasteiger charge is 2.09. The van der Waals surface area contributed by atoms with E-state index in [1.165, 1.54) is 5.69 Å². The highest BCUT2D eigenvalue weighted by molar-refractivity contribution is 5.44. The Bertz CT molecular complexity index is 346. The van der Waals surface area contributed by atoms with E-state index in [9.17, 15) is 0 Å². The van der Waals surface area contributed by atoms with E-state index in [2.05, 4.69) is 62.0 Å². The van der Waals surface area contributed by atoms with E-state index in [0.717, 1.165) is 31.7 Å². The minimum atomic E-state index is 0.328. The molecule has 1 atom stereocenters. The molecular formula is C16H29N3. The molecule has 1 aromatic heterocycles. The monoisotopic (exact) mass is 263 g/mol. The molecule has 0 radical (unpaired) electrons. The van der Waals surface area contributed by atoms with Crippen LogP contribution in [0.5, 0.6) is 0 Å². The molecule has 3 heteroatoms. The van der Waals surface area contributed by atoms with Crippen LogP contribution in [0.1, 0.15) is 52.8 Å². The third-order valence-corrected chi connectivity index (χ3v) is 3.25. The first-order valence-electron chi connectivity index (χ1n) is 7.52. The van der Waals surface area contributed by atoms with Crippen LogP contribution in [0.2, 0.25) is 0 Å². The van der Waals surface area contributed by atoms with Crippen molar-refractivity contribution in [2.75, 3.05) is 24.5 Å². The number of hydrogen-bond donors (Lipinski definition) is 1. The Hall–Kier alpha value is -1.09. The summed E-state index contributed by atoms with van der Waals surface area (Å²) in [6.45, 7) is 14.2. The van der Waals surface area contributed by atoms with Gasteiger partial charge in [-0.15, -0.1) is 0 Å². The van der Waals surface area contributed by atoms with Gasteiger partial charge in [-0.25, -0.2) is 0 Å². The predicted octanol–water partition coefficient (Wildman–Crippen LogP) is 3.62. The second kappa shape index (κ2) is 8.16. The molecule has 0 fully saturated rings. The summed E-state index contributed by atoms with van der Waals surface area (Å²) in [5.41, 5.74) is 2.35. The van der Waals surface area contributed by atoms with Gasteiger partial charge in [-0.3, -0.25) is 4.98 Å². The summed E-state index contributed by atoms with van der Waals surface area (Å²) < 4.78 is 0. The van der Waals surface area contributed by atoms with Crippen molar-refractivity contribution < 1.29 is 0 Å². The lowest BCUT2D eigenvalue weighted by atomic mass is 10.1. The van der Waals surface area contributed by atoms with E-state index < -0.39 is 0 Å². The fraction of sp³-hybridized carbons (Fsp3) is 0.688. The van der Waals surface area contributed by atoms with Gasteiger partial charge in [-0.1, -0.05) is 20.8 Å². The van der Waals surface area contributed by atoms with Crippen molar-refractivity contribution in [2.45, 2.75) is 47.1 Å². The number of hydrogen-bond acceptors (Lipinski definition) is 3. The molecule has 1 N–H and O–H groups in total. The standard InChI is InChI=1S/C16H29N3/c1-6-10-17-14(5)16-9-8-15(11-18-16)19(7-2)12-13(3)4/h8-9,11,13-14,17H,6-7,10,12H2,1-5H3. The lowest BCUT2D eigenvalue weighted by Gasteiger charge is -2.25. The van der Waals surface area contributed by atoms with Gasteiger partial charge in [0.15, 0.2) is 0 Å². The molecule has 0 saturated heterocycles. The quantitative estimate of drug-likeness (QED) is 0.776. The van der Waals surface area contributed by atoms with Gasteiger partial charge in [0.2, 0.25) is 0 Å². The largest absolute Gasteiger partial charge is 0.370 e. The van der Waals surface area contributed by atoms with E-state index >= 15 is 0 Å². The van der Waals surface area contributed by atoms with Gasteiger partial charge in [0.25, 0.3) is 0 Å². The molecule has 0 aromatic carbocycles. The van der Waals surface area contributed by atoms with Gasteiger partial charge in [0, 0.05) is 19.1 Å². The molecule has 1 rings (SSSR count). The van der Waals surface area contributed by atoms with Gasteiger partial charge in [-0.2, -0.15) is 0 Å². The SMILES string of the molecule is CCCNC(C)c1ccc(N(CC)CC(C)C)cn1. The second-order valence-electron chi connectivity index (χ2n) is 5.55. The molecule has 19 heavy (non-hydrogen) atoms. The third kappa shape index (κ3) is 5.19. The topological polar surface area (TPSA) is 28.2 Å². The maximum absolute atomic E-state index is 4.60. The zero-order valence-electron chi connectivity index (χ0n) is 13.1. The summed E-state index contributed by atoms with van der Waals surface area (Å²) >= 11 is 0. The van der Waals surface area contributed by atoms with Crippen molar-refractivity contribution in [2.24, 2.45) is 5.92 Å². The van der Waals surface area contributed by atoms with Crippen molar-refractivity contribution in [1.29, 1.82) is 0 Å². The zero-order chi connectivity index (χ0) is 14.3. The number of pyridine rings is 1. The number of rotatable bonds is 8. The van der Waals surface area contributed by atoms with Gasteiger partial charge in [-0.05, 0) is 44.9 Å². The summed E-state index contributed by atoms with van der Waals surface area (Å²) in [6.07, 6.45) is 3.16. The van der Waals surface area contributed by atoms with Crippen molar-refractivity contribution >= 4 is 5.69 Å². The summed E-state index contributed by atoms with van der Waals surface area (Å²) in [5.74, 6) is 0.671. The van der Waals surface area contributed by atoms with Gasteiger partial charge < -0.3 is 10.2 Å². The highest BCUT2D eigenvalue weighted by atomic mass is 15.1. The molecule has 0 aliphatic rings. The van der Waals surface area contributed by atoms with Crippen molar-refractivity contribution in [3.8, 4) is 0 Å². The number of anilines is 1. The third-order valence-electron chi connectivity index (χ3n) is 3.25. The van der Waals surface area contributed by atoms with E-state index in [-0.39, 0.29) is 0 Å². The first-order chi connectivity index (χ1) is 9.08. The van der Waals surface area contributed by atoms with Crippen molar-refractivity contribution in [1.82, 2.24) is 10.3 Å². The Morgan fingerprint density at radius 1 is 1.21 bits per heavy atom. The van der Waals surface area contributed by atoms with Gasteiger partial charge in [0.05, 0.1) is 17.6 Å². The minimum absolute atomic E-state index is 0.328. The molecule has 1 aromatic rings. The van der Waals surface area contributed by atoms with Crippen LogP contribution in [-0.2, 0) is 0 Å². The molecule has 1 heterocycles. The highest BCUT2D eigenvalue weighted by Crippen LogP contribution is 2.17. The molecular weight excluding hydrogens is 234 g/mol. The van der Waals surface area contributed by atoms with E-state index in [4.69, 9.17) is 0 Å². The molecule has 0 bridgehead atoms. The Balaban J connectivity index is 2.68. The van der Waals surface area contributed by atoms with Crippen LogP contribution in [0.3, 0.4) is 0 Å². The summed E-state index contributed by atoms with van der Waals surface area (Å²) in [6, 6.07) is 4.67.